The van der Waals surface area contributed by atoms with Gasteiger partial charge in [-0.25, -0.2) is 4.39 Å². The van der Waals surface area contributed by atoms with E-state index in [0.717, 1.165) is 24.0 Å². The fraction of sp³-hybridized carbons (Fsp3) is 0.444. The highest BCUT2D eigenvalue weighted by molar-refractivity contribution is 6.17. The minimum absolute atomic E-state index is 0.402. The Hall–Kier alpha value is -1.48. The van der Waals surface area contributed by atoms with Crippen LogP contribution in [0.1, 0.15) is 36.8 Å². The zero-order valence-electron chi connectivity index (χ0n) is 13.0. The Kier molecular flexibility index (Phi) is 6.32. The summed E-state index contributed by atoms with van der Waals surface area (Å²) < 4.78 is 25.4. The van der Waals surface area contributed by atoms with Crippen molar-refractivity contribution in [1.82, 2.24) is 0 Å². The lowest BCUT2D eigenvalue weighted by molar-refractivity contribution is 0.282. The van der Waals surface area contributed by atoms with Gasteiger partial charge >= 0.3 is 0 Å². The van der Waals surface area contributed by atoms with E-state index in [-0.39, 0.29) is 0 Å². The standard InChI is InChI=1S/C18H22ClFO2/c1-3-4-9-22-18-10-13(12-19)5-7-15(18)16-11-14(21-2)6-8-17(16)20/h5-8,10-11,16-17H,3-4,9,12H2,1-2H3. The molecular weight excluding hydrogens is 303 g/mol. The van der Waals surface area contributed by atoms with Gasteiger partial charge in [0.2, 0.25) is 0 Å². The molecule has 0 aliphatic heterocycles. The third-order valence-electron chi connectivity index (χ3n) is 3.71. The zero-order valence-corrected chi connectivity index (χ0v) is 13.8. The number of hydrogen-bond acceptors (Lipinski definition) is 2. The summed E-state index contributed by atoms with van der Waals surface area (Å²) in [6.07, 6.45) is 5.91. The number of rotatable bonds is 7. The Morgan fingerprint density at radius 3 is 2.82 bits per heavy atom. The van der Waals surface area contributed by atoms with E-state index in [2.05, 4.69) is 6.92 Å². The van der Waals surface area contributed by atoms with Crippen LogP contribution in [0.25, 0.3) is 0 Å². The second-order valence-electron chi connectivity index (χ2n) is 5.31. The van der Waals surface area contributed by atoms with Crippen molar-refractivity contribution in [1.29, 1.82) is 0 Å². The number of halogens is 2. The number of alkyl halides is 2. The lowest BCUT2D eigenvalue weighted by Gasteiger charge is -2.23. The molecule has 0 aromatic heterocycles. The van der Waals surface area contributed by atoms with Gasteiger partial charge in [-0.1, -0.05) is 25.5 Å². The largest absolute Gasteiger partial charge is 0.497 e. The summed E-state index contributed by atoms with van der Waals surface area (Å²) in [5.74, 6) is 1.38. The van der Waals surface area contributed by atoms with Crippen molar-refractivity contribution in [2.75, 3.05) is 13.7 Å². The van der Waals surface area contributed by atoms with Crippen LogP contribution < -0.4 is 4.74 Å². The van der Waals surface area contributed by atoms with Crippen molar-refractivity contribution in [3.8, 4) is 5.75 Å². The molecule has 1 aromatic carbocycles. The smallest absolute Gasteiger partial charge is 0.129 e. The van der Waals surface area contributed by atoms with Crippen LogP contribution in [0.15, 0.2) is 42.2 Å². The highest BCUT2D eigenvalue weighted by atomic mass is 35.5. The molecule has 4 heteroatoms. The third kappa shape index (κ3) is 4.04. The van der Waals surface area contributed by atoms with Crippen molar-refractivity contribution < 1.29 is 13.9 Å². The minimum Gasteiger partial charge on any atom is -0.497 e. The van der Waals surface area contributed by atoms with E-state index < -0.39 is 12.1 Å². The summed E-state index contributed by atoms with van der Waals surface area (Å²) in [6, 6.07) is 5.73. The Labute approximate surface area is 136 Å². The van der Waals surface area contributed by atoms with Crippen molar-refractivity contribution in [3.05, 3.63) is 53.3 Å². The topological polar surface area (TPSA) is 18.5 Å². The first-order valence-electron chi connectivity index (χ1n) is 7.59. The van der Waals surface area contributed by atoms with E-state index in [1.807, 2.05) is 18.2 Å². The Bertz CT molecular complexity index is 554. The van der Waals surface area contributed by atoms with Crippen LogP contribution in [0.2, 0.25) is 0 Å². The van der Waals surface area contributed by atoms with E-state index in [0.29, 0.717) is 24.0 Å². The molecule has 2 unspecified atom stereocenters. The Morgan fingerprint density at radius 2 is 2.14 bits per heavy atom. The molecule has 1 aliphatic carbocycles. The lowest BCUT2D eigenvalue weighted by Crippen LogP contribution is -2.15. The Morgan fingerprint density at radius 1 is 1.32 bits per heavy atom. The predicted octanol–water partition coefficient (Wildman–Crippen LogP) is 5.13. The van der Waals surface area contributed by atoms with E-state index in [1.165, 1.54) is 6.08 Å². The van der Waals surface area contributed by atoms with Gasteiger partial charge in [0.1, 0.15) is 17.7 Å². The third-order valence-corrected chi connectivity index (χ3v) is 4.02. The fourth-order valence-electron chi connectivity index (χ4n) is 2.42. The Balaban J connectivity index is 2.31. The normalized spacial score (nSPS) is 20.6. The first kappa shape index (κ1) is 16.9. The van der Waals surface area contributed by atoms with Crippen LogP contribution >= 0.6 is 11.6 Å². The summed E-state index contributed by atoms with van der Waals surface area (Å²) in [4.78, 5) is 0. The van der Waals surface area contributed by atoms with Gasteiger partial charge in [-0.2, -0.15) is 0 Å². The van der Waals surface area contributed by atoms with Crippen molar-refractivity contribution in [2.24, 2.45) is 0 Å². The second-order valence-corrected chi connectivity index (χ2v) is 5.58. The number of unbranched alkanes of at least 4 members (excludes halogenated alkanes) is 1. The molecule has 0 fully saturated rings. The molecule has 0 saturated heterocycles. The summed E-state index contributed by atoms with van der Waals surface area (Å²) in [7, 11) is 1.58. The molecule has 2 nitrogen and oxygen atoms in total. The van der Waals surface area contributed by atoms with Crippen LogP contribution in [0.5, 0.6) is 5.75 Å². The number of benzene rings is 1. The minimum atomic E-state index is -1.09. The molecule has 0 spiro atoms. The molecule has 2 atom stereocenters. The van der Waals surface area contributed by atoms with E-state index in [9.17, 15) is 4.39 Å². The molecule has 0 saturated carbocycles. The van der Waals surface area contributed by atoms with Gasteiger partial charge in [0.05, 0.1) is 13.7 Å². The maximum atomic E-state index is 14.3. The number of ether oxygens (including phenoxy) is 2. The molecule has 0 N–H and O–H groups in total. The van der Waals surface area contributed by atoms with E-state index >= 15 is 0 Å². The maximum absolute atomic E-state index is 14.3. The molecule has 22 heavy (non-hydrogen) atoms. The first-order valence-corrected chi connectivity index (χ1v) is 8.12. The van der Waals surface area contributed by atoms with Crippen LogP contribution in [0.3, 0.4) is 0 Å². The summed E-state index contributed by atoms with van der Waals surface area (Å²) in [5, 5.41) is 0. The fourth-order valence-corrected chi connectivity index (χ4v) is 2.58. The maximum Gasteiger partial charge on any atom is 0.129 e. The van der Waals surface area contributed by atoms with Crippen LogP contribution in [-0.4, -0.2) is 19.9 Å². The SMILES string of the molecule is CCCCOc1cc(CCl)ccc1C1C=C(OC)C=CC1F. The van der Waals surface area contributed by atoms with Crippen molar-refractivity contribution >= 4 is 11.6 Å². The molecule has 0 bridgehead atoms. The number of hydrogen-bond donors (Lipinski definition) is 0. The van der Waals surface area contributed by atoms with Crippen LogP contribution in [0, 0.1) is 0 Å². The summed E-state index contributed by atoms with van der Waals surface area (Å²) in [5.41, 5.74) is 1.80. The molecule has 1 aromatic rings. The summed E-state index contributed by atoms with van der Waals surface area (Å²) in [6.45, 7) is 2.73. The average Bonchev–Trinajstić information content (AvgIpc) is 2.55. The van der Waals surface area contributed by atoms with Gasteiger partial charge < -0.3 is 9.47 Å². The molecule has 2 rings (SSSR count). The zero-order chi connectivity index (χ0) is 15.9. The molecule has 1 aliphatic rings. The van der Waals surface area contributed by atoms with E-state index in [1.54, 1.807) is 19.3 Å². The number of methoxy groups -OCH3 is 1. The van der Waals surface area contributed by atoms with Crippen LogP contribution in [-0.2, 0) is 10.6 Å². The quantitative estimate of drug-likeness (QED) is 0.511. The molecule has 120 valence electrons. The van der Waals surface area contributed by atoms with E-state index in [4.69, 9.17) is 21.1 Å². The molecule has 0 heterocycles. The molecule has 0 radical (unpaired) electrons. The van der Waals surface area contributed by atoms with Gasteiger partial charge in [-0.15, -0.1) is 11.6 Å². The predicted molar refractivity (Wildman–Crippen MR) is 88.3 cm³/mol. The molecule has 0 amide bonds. The first-order chi connectivity index (χ1) is 10.7. The molecular formula is C18H22ClFO2. The second kappa shape index (κ2) is 8.23. The highest BCUT2D eigenvalue weighted by Gasteiger charge is 2.25. The lowest BCUT2D eigenvalue weighted by atomic mass is 9.89. The van der Waals surface area contributed by atoms with Gasteiger partial charge in [-0.3, -0.25) is 0 Å². The highest BCUT2D eigenvalue weighted by Crippen LogP contribution is 2.36. The van der Waals surface area contributed by atoms with Gasteiger partial charge in [0.25, 0.3) is 0 Å². The van der Waals surface area contributed by atoms with Crippen LogP contribution in [0.4, 0.5) is 4.39 Å². The van der Waals surface area contributed by atoms with Gasteiger partial charge in [0, 0.05) is 17.4 Å². The summed E-state index contributed by atoms with van der Waals surface area (Å²) >= 11 is 5.90. The van der Waals surface area contributed by atoms with Crippen molar-refractivity contribution in [3.63, 3.8) is 0 Å². The monoisotopic (exact) mass is 324 g/mol. The van der Waals surface area contributed by atoms with Gasteiger partial charge in [-0.05, 0) is 36.3 Å². The van der Waals surface area contributed by atoms with Crippen molar-refractivity contribution in [2.45, 2.75) is 37.7 Å². The van der Waals surface area contributed by atoms with Gasteiger partial charge in [0.15, 0.2) is 0 Å². The average molecular weight is 325 g/mol. The number of allylic oxidation sites excluding steroid dienone is 3.